The average molecular weight is 254 g/mol. The molecule has 0 amide bonds. The summed E-state index contributed by atoms with van der Waals surface area (Å²) in [6.07, 6.45) is 4.40. The van der Waals surface area contributed by atoms with E-state index in [-0.39, 0.29) is 0 Å². The molecule has 0 radical (unpaired) electrons. The summed E-state index contributed by atoms with van der Waals surface area (Å²) in [7, 11) is 0. The molecule has 19 heavy (non-hydrogen) atoms. The molecule has 1 aromatic carbocycles. The first-order valence-electron chi connectivity index (χ1n) is 7.15. The van der Waals surface area contributed by atoms with Crippen molar-refractivity contribution in [3.63, 3.8) is 0 Å². The van der Waals surface area contributed by atoms with Crippen LogP contribution < -0.4 is 5.32 Å². The summed E-state index contributed by atoms with van der Waals surface area (Å²) in [4.78, 5) is 4.52. The molecule has 2 aromatic rings. The Morgan fingerprint density at radius 2 is 1.95 bits per heavy atom. The molecule has 100 valence electrons. The zero-order chi connectivity index (χ0) is 13.5. The Balaban J connectivity index is 1.90. The maximum absolute atomic E-state index is 4.52. The molecule has 2 nitrogen and oxygen atoms in total. The number of nitrogens with one attached hydrogen (secondary N) is 1. The first kappa shape index (κ1) is 12.5. The highest BCUT2D eigenvalue weighted by atomic mass is 15.0. The van der Waals surface area contributed by atoms with Crippen molar-refractivity contribution < 1.29 is 0 Å². The van der Waals surface area contributed by atoms with Gasteiger partial charge in [0.05, 0.1) is 11.2 Å². The van der Waals surface area contributed by atoms with Crippen molar-refractivity contribution in [3.05, 3.63) is 36.5 Å². The van der Waals surface area contributed by atoms with E-state index in [9.17, 15) is 0 Å². The van der Waals surface area contributed by atoms with E-state index in [1.807, 2.05) is 12.3 Å². The van der Waals surface area contributed by atoms with Crippen LogP contribution in [0.1, 0.15) is 33.6 Å². The molecular formula is C17H22N2. The lowest BCUT2D eigenvalue weighted by Gasteiger charge is -2.20. The van der Waals surface area contributed by atoms with Crippen molar-refractivity contribution in [2.75, 3.05) is 5.32 Å². The largest absolute Gasteiger partial charge is 0.380 e. The van der Waals surface area contributed by atoms with Crippen molar-refractivity contribution in [3.8, 4) is 0 Å². The molecule has 0 spiro atoms. The number of aromatic nitrogens is 1. The fraction of sp³-hybridized carbons (Fsp3) is 0.471. The molecular weight excluding hydrogens is 232 g/mol. The summed E-state index contributed by atoms with van der Waals surface area (Å²) in [6.45, 7) is 7.09. The van der Waals surface area contributed by atoms with Crippen LogP contribution in [-0.4, -0.2) is 11.0 Å². The van der Waals surface area contributed by atoms with Gasteiger partial charge in [-0.05, 0) is 36.3 Å². The maximum Gasteiger partial charge on any atom is 0.0933 e. The molecule has 1 aromatic heterocycles. The van der Waals surface area contributed by atoms with Gasteiger partial charge in [-0.3, -0.25) is 4.98 Å². The SMILES string of the molecule is CC1CC(C)(C)CC1Nc1cccc2cccnc12. The molecule has 0 aliphatic heterocycles. The Bertz CT molecular complexity index is 583. The number of benzene rings is 1. The number of hydrogen-bond acceptors (Lipinski definition) is 2. The molecule has 3 rings (SSSR count). The molecule has 1 aliphatic rings. The van der Waals surface area contributed by atoms with Gasteiger partial charge >= 0.3 is 0 Å². The van der Waals surface area contributed by atoms with E-state index >= 15 is 0 Å². The van der Waals surface area contributed by atoms with E-state index in [2.05, 4.69) is 55.3 Å². The van der Waals surface area contributed by atoms with Crippen molar-refractivity contribution in [2.45, 2.75) is 39.7 Å². The summed E-state index contributed by atoms with van der Waals surface area (Å²) in [5.41, 5.74) is 2.71. The van der Waals surface area contributed by atoms with E-state index in [0.717, 1.165) is 5.52 Å². The minimum Gasteiger partial charge on any atom is -0.380 e. The Labute approximate surface area is 115 Å². The van der Waals surface area contributed by atoms with Gasteiger partial charge in [0.15, 0.2) is 0 Å². The van der Waals surface area contributed by atoms with Crippen molar-refractivity contribution >= 4 is 16.6 Å². The number of anilines is 1. The second-order valence-electron chi connectivity index (χ2n) is 6.68. The van der Waals surface area contributed by atoms with Crippen LogP contribution in [0.3, 0.4) is 0 Å². The maximum atomic E-state index is 4.52. The lowest BCUT2D eigenvalue weighted by molar-refractivity contribution is 0.366. The smallest absolute Gasteiger partial charge is 0.0933 e. The van der Waals surface area contributed by atoms with Crippen molar-refractivity contribution in [1.82, 2.24) is 4.98 Å². The van der Waals surface area contributed by atoms with E-state index in [1.165, 1.54) is 23.9 Å². The Morgan fingerprint density at radius 1 is 1.16 bits per heavy atom. The first-order chi connectivity index (χ1) is 9.05. The zero-order valence-electron chi connectivity index (χ0n) is 12.0. The number of nitrogens with zero attached hydrogens (tertiary/aromatic N) is 1. The predicted octanol–water partition coefficient (Wildman–Crippen LogP) is 4.47. The van der Waals surface area contributed by atoms with Crippen LogP contribution in [0.4, 0.5) is 5.69 Å². The Kier molecular flexibility index (Phi) is 2.96. The van der Waals surface area contributed by atoms with E-state index in [1.54, 1.807) is 0 Å². The average Bonchev–Trinajstić information content (AvgIpc) is 2.63. The Morgan fingerprint density at radius 3 is 2.68 bits per heavy atom. The third-order valence-electron chi connectivity index (χ3n) is 4.31. The van der Waals surface area contributed by atoms with Gasteiger partial charge in [-0.15, -0.1) is 0 Å². The molecule has 0 bridgehead atoms. The molecule has 1 aliphatic carbocycles. The standard InChI is InChI=1S/C17H22N2/c1-12-10-17(2,3)11-15(12)19-14-8-4-6-13-7-5-9-18-16(13)14/h4-9,12,15,19H,10-11H2,1-3H3. The monoisotopic (exact) mass is 254 g/mol. The van der Waals surface area contributed by atoms with Gasteiger partial charge in [-0.25, -0.2) is 0 Å². The lowest BCUT2D eigenvalue weighted by Crippen LogP contribution is -2.22. The van der Waals surface area contributed by atoms with E-state index < -0.39 is 0 Å². The molecule has 2 atom stereocenters. The van der Waals surface area contributed by atoms with E-state index in [0.29, 0.717) is 17.4 Å². The van der Waals surface area contributed by atoms with Crippen LogP contribution in [0.5, 0.6) is 0 Å². The topological polar surface area (TPSA) is 24.9 Å². The van der Waals surface area contributed by atoms with Crippen molar-refractivity contribution in [2.24, 2.45) is 11.3 Å². The van der Waals surface area contributed by atoms with Gasteiger partial charge in [-0.1, -0.05) is 39.0 Å². The summed E-state index contributed by atoms with van der Waals surface area (Å²) in [5, 5.41) is 4.93. The van der Waals surface area contributed by atoms with Crippen LogP contribution in [0.25, 0.3) is 10.9 Å². The summed E-state index contributed by atoms with van der Waals surface area (Å²) >= 11 is 0. The van der Waals surface area contributed by atoms with Crippen LogP contribution in [0.2, 0.25) is 0 Å². The summed E-state index contributed by atoms with van der Waals surface area (Å²) in [5.74, 6) is 0.717. The van der Waals surface area contributed by atoms with Crippen LogP contribution >= 0.6 is 0 Å². The fourth-order valence-corrected chi connectivity index (χ4v) is 3.51. The van der Waals surface area contributed by atoms with Gasteiger partial charge in [0.25, 0.3) is 0 Å². The zero-order valence-corrected chi connectivity index (χ0v) is 12.0. The molecule has 1 heterocycles. The van der Waals surface area contributed by atoms with Crippen LogP contribution in [0, 0.1) is 11.3 Å². The predicted molar refractivity (Wildman–Crippen MR) is 81.3 cm³/mol. The molecule has 2 unspecified atom stereocenters. The number of pyridine rings is 1. The third kappa shape index (κ3) is 2.44. The Hall–Kier alpha value is -1.57. The first-order valence-corrected chi connectivity index (χ1v) is 7.15. The highest BCUT2D eigenvalue weighted by Crippen LogP contribution is 2.42. The molecule has 1 saturated carbocycles. The number of fused-ring (bicyclic) bond motifs is 1. The number of hydrogen-bond donors (Lipinski definition) is 1. The lowest BCUT2D eigenvalue weighted by atomic mass is 9.91. The molecule has 1 fully saturated rings. The van der Waals surface area contributed by atoms with Gasteiger partial charge in [0.1, 0.15) is 0 Å². The summed E-state index contributed by atoms with van der Waals surface area (Å²) in [6, 6.07) is 11.0. The number of rotatable bonds is 2. The van der Waals surface area contributed by atoms with Crippen molar-refractivity contribution in [1.29, 1.82) is 0 Å². The fourth-order valence-electron chi connectivity index (χ4n) is 3.51. The van der Waals surface area contributed by atoms with Gasteiger partial charge in [0, 0.05) is 17.6 Å². The van der Waals surface area contributed by atoms with Gasteiger partial charge in [0.2, 0.25) is 0 Å². The molecule has 1 N–H and O–H groups in total. The second-order valence-corrected chi connectivity index (χ2v) is 6.68. The van der Waals surface area contributed by atoms with Crippen LogP contribution in [0.15, 0.2) is 36.5 Å². The minimum atomic E-state index is 0.453. The molecule has 0 saturated heterocycles. The normalized spacial score (nSPS) is 25.6. The molecule has 2 heteroatoms. The minimum absolute atomic E-state index is 0.453. The van der Waals surface area contributed by atoms with Gasteiger partial charge < -0.3 is 5.32 Å². The highest BCUT2D eigenvalue weighted by Gasteiger charge is 2.36. The summed E-state index contributed by atoms with van der Waals surface area (Å²) < 4.78 is 0. The number of para-hydroxylation sites is 1. The van der Waals surface area contributed by atoms with E-state index in [4.69, 9.17) is 0 Å². The second kappa shape index (κ2) is 4.52. The van der Waals surface area contributed by atoms with Gasteiger partial charge in [-0.2, -0.15) is 0 Å². The third-order valence-corrected chi connectivity index (χ3v) is 4.31. The quantitative estimate of drug-likeness (QED) is 0.855. The van der Waals surface area contributed by atoms with Crippen LogP contribution in [-0.2, 0) is 0 Å². The highest BCUT2D eigenvalue weighted by molar-refractivity contribution is 5.90.